The van der Waals surface area contributed by atoms with Gasteiger partial charge >= 0.3 is 0 Å². The molecule has 1 heterocycles. The molecule has 19 heavy (non-hydrogen) atoms. The second-order valence-electron chi connectivity index (χ2n) is 5.55. The summed E-state index contributed by atoms with van der Waals surface area (Å²) in [5, 5.41) is 0. The van der Waals surface area contributed by atoms with Gasteiger partial charge in [-0.25, -0.2) is 4.98 Å². The number of hydrogen-bond donors (Lipinski definition) is 1. The minimum Gasteiger partial charge on any atom is -0.330 e. The number of hydrogen-bond acceptors (Lipinski definition) is 2. The van der Waals surface area contributed by atoms with E-state index in [2.05, 4.69) is 40.7 Å². The molecule has 0 saturated heterocycles. The third kappa shape index (κ3) is 2.30. The van der Waals surface area contributed by atoms with Crippen molar-refractivity contribution in [3.63, 3.8) is 0 Å². The summed E-state index contributed by atoms with van der Waals surface area (Å²) in [5.41, 5.74) is 9.66. The zero-order valence-corrected chi connectivity index (χ0v) is 11.4. The summed E-state index contributed by atoms with van der Waals surface area (Å²) in [6.45, 7) is 2.90. The van der Waals surface area contributed by atoms with Crippen LogP contribution in [0.2, 0.25) is 0 Å². The number of aromatic nitrogens is 2. The van der Waals surface area contributed by atoms with E-state index in [0.29, 0.717) is 12.0 Å². The smallest absolute Gasteiger partial charge is 0.0953 e. The molecule has 2 N–H and O–H groups in total. The van der Waals surface area contributed by atoms with Crippen molar-refractivity contribution in [1.29, 1.82) is 0 Å². The van der Waals surface area contributed by atoms with Crippen molar-refractivity contribution in [2.75, 3.05) is 6.54 Å². The SMILES string of the molecule is Cc1cccc(-c2cncn2C2CCCC2CN)c1. The van der Waals surface area contributed by atoms with Crippen LogP contribution in [0.4, 0.5) is 0 Å². The van der Waals surface area contributed by atoms with Crippen LogP contribution in [0.1, 0.15) is 30.9 Å². The van der Waals surface area contributed by atoms with Gasteiger partial charge < -0.3 is 10.3 Å². The van der Waals surface area contributed by atoms with E-state index in [0.717, 1.165) is 6.54 Å². The first-order valence-corrected chi connectivity index (χ1v) is 7.08. The summed E-state index contributed by atoms with van der Waals surface area (Å²) < 4.78 is 2.33. The topological polar surface area (TPSA) is 43.8 Å². The fourth-order valence-electron chi connectivity index (χ4n) is 3.26. The Balaban J connectivity index is 1.98. The average Bonchev–Trinajstić information content (AvgIpc) is 3.06. The number of imidazole rings is 1. The predicted octanol–water partition coefficient (Wildman–Crippen LogP) is 3.16. The number of nitrogens with zero attached hydrogens (tertiary/aromatic N) is 2. The van der Waals surface area contributed by atoms with E-state index < -0.39 is 0 Å². The molecule has 3 rings (SSSR count). The number of benzene rings is 1. The van der Waals surface area contributed by atoms with Gasteiger partial charge in [0.15, 0.2) is 0 Å². The van der Waals surface area contributed by atoms with Crippen LogP contribution in [0.3, 0.4) is 0 Å². The van der Waals surface area contributed by atoms with Gasteiger partial charge in [0, 0.05) is 11.6 Å². The largest absolute Gasteiger partial charge is 0.330 e. The maximum absolute atomic E-state index is 5.91. The number of aryl methyl sites for hydroxylation is 1. The Morgan fingerprint density at radius 3 is 3.05 bits per heavy atom. The van der Waals surface area contributed by atoms with Crippen LogP contribution in [-0.4, -0.2) is 16.1 Å². The molecule has 1 fully saturated rings. The molecule has 1 saturated carbocycles. The Morgan fingerprint density at radius 1 is 1.37 bits per heavy atom. The molecular formula is C16H21N3. The molecule has 0 radical (unpaired) electrons. The first-order valence-electron chi connectivity index (χ1n) is 7.08. The van der Waals surface area contributed by atoms with E-state index in [1.54, 1.807) is 0 Å². The fraction of sp³-hybridized carbons (Fsp3) is 0.438. The summed E-state index contributed by atoms with van der Waals surface area (Å²) in [4.78, 5) is 4.36. The molecule has 100 valence electrons. The highest BCUT2D eigenvalue weighted by atomic mass is 15.1. The van der Waals surface area contributed by atoms with E-state index in [1.165, 1.54) is 36.1 Å². The molecule has 1 aromatic heterocycles. The van der Waals surface area contributed by atoms with Gasteiger partial charge in [0.05, 0.1) is 18.2 Å². The summed E-state index contributed by atoms with van der Waals surface area (Å²) in [6, 6.07) is 9.13. The second-order valence-corrected chi connectivity index (χ2v) is 5.55. The van der Waals surface area contributed by atoms with Crippen molar-refractivity contribution in [1.82, 2.24) is 9.55 Å². The van der Waals surface area contributed by atoms with E-state index in [-0.39, 0.29) is 0 Å². The number of nitrogens with two attached hydrogens (primary N) is 1. The molecule has 3 heteroatoms. The summed E-state index contributed by atoms with van der Waals surface area (Å²) in [5.74, 6) is 0.595. The molecular weight excluding hydrogens is 234 g/mol. The highest BCUT2D eigenvalue weighted by Gasteiger charge is 2.28. The van der Waals surface area contributed by atoms with Crippen molar-refractivity contribution in [3.05, 3.63) is 42.4 Å². The molecule has 0 bridgehead atoms. The Labute approximate surface area is 114 Å². The Hall–Kier alpha value is -1.61. The standard InChI is InChI=1S/C16H21N3/c1-12-4-2-5-13(8-12)16-10-18-11-19(16)15-7-3-6-14(15)9-17/h2,4-5,8,10-11,14-15H,3,6-7,9,17H2,1H3. The van der Waals surface area contributed by atoms with Gasteiger partial charge in [0.25, 0.3) is 0 Å². The Morgan fingerprint density at radius 2 is 2.26 bits per heavy atom. The van der Waals surface area contributed by atoms with Crippen LogP contribution >= 0.6 is 0 Å². The third-order valence-corrected chi connectivity index (χ3v) is 4.26. The highest BCUT2D eigenvalue weighted by Crippen LogP contribution is 2.37. The first-order chi connectivity index (χ1) is 9.29. The number of rotatable bonds is 3. The lowest BCUT2D eigenvalue weighted by Crippen LogP contribution is -2.21. The van der Waals surface area contributed by atoms with Crippen LogP contribution in [0.25, 0.3) is 11.3 Å². The monoisotopic (exact) mass is 255 g/mol. The van der Waals surface area contributed by atoms with Crippen molar-refractivity contribution in [3.8, 4) is 11.3 Å². The Bertz CT molecular complexity index is 559. The molecule has 1 aromatic carbocycles. The summed E-state index contributed by atoms with van der Waals surface area (Å²) >= 11 is 0. The lowest BCUT2D eigenvalue weighted by atomic mass is 10.0. The average molecular weight is 255 g/mol. The molecule has 1 aliphatic rings. The zero-order valence-electron chi connectivity index (χ0n) is 11.4. The fourth-order valence-corrected chi connectivity index (χ4v) is 3.26. The first kappa shape index (κ1) is 12.4. The quantitative estimate of drug-likeness (QED) is 0.915. The lowest BCUT2D eigenvalue weighted by Gasteiger charge is -2.22. The van der Waals surface area contributed by atoms with E-state index in [1.807, 2.05) is 12.5 Å². The molecule has 2 aromatic rings. The van der Waals surface area contributed by atoms with Crippen LogP contribution in [0.5, 0.6) is 0 Å². The van der Waals surface area contributed by atoms with E-state index in [9.17, 15) is 0 Å². The van der Waals surface area contributed by atoms with Gasteiger partial charge in [-0.15, -0.1) is 0 Å². The highest BCUT2D eigenvalue weighted by molar-refractivity contribution is 5.60. The van der Waals surface area contributed by atoms with Crippen molar-refractivity contribution >= 4 is 0 Å². The summed E-state index contributed by atoms with van der Waals surface area (Å²) in [7, 11) is 0. The second kappa shape index (κ2) is 5.17. The molecule has 2 unspecified atom stereocenters. The molecule has 0 amide bonds. The van der Waals surface area contributed by atoms with Crippen LogP contribution in [-0.2, 0) is 0 Å². The van der Waals surface area contributed by atoms with Gasteiger partial charge in [-0.2, -0.15) is 0 Å². The zero-order chi connectivity index (χ0) is 13.2. The van der Waals surface area contributed by atoms with Gasteiger partial charge in [-0.05, 0) is 38.3 Å². The minimum absolute atomic E-state index is 0.517. The molecule has 1 aliphatic carbocycles. The van der Waals surface area contributed by atoms with Gasteiger partial charge in [-0.1, -0.05) is 30.2 Å². The van der Waals surface area contributed by atoms with Crippen molar-refractivity contribution in [2.45, 2.75) is 32.2 Å². The Kier molecular flexibility index (Phi) is 3.38. The van der Waals surface area contributed by atoms with E-state index in [4.69, 9.17) is 5.73 Å². The van der Waals surface area contributed by atoms with Crippen molar-refractivity contribution < 1.29 is 0 Å². The maximum Gasteiger partial charge on any atom is 0.0953 e. The van der Waals surface area contributed by atoms with Gasteiger partial charge in [0.1, 0.15) is 0 Å². The molecule has 2 atom stereocenters. The van der Waals surface area contributed by atoms with Gasteiger partial charge in [0.2, 0.25) is 0 Å². The third-order valence-electron chi connectivity index (χ3n) is 4.26. The molecule has 3 nitrogen and oxygen atoms in total. The van der Waals surface area contributed by atoms with Gasteiger partial charge in [-0.3, -0.25) is 0 Å². The predicted molar refractivity (Wildman–Crippen MR) is 77.8 cm³/mol. The lowest BCUT2D eigenvalue weighted by molar-refractivity contribution is 0.390. The van der Waals surface area contributed by atoms with E-state index >= 15 is 0 Å². The van der Waals surface area contributed by atoms with Crippen LogP contribution < -0.4 is 5.73 Å². The van der Waals surface area contributed by atoms with Crippen LogP contribution in [0.15, 0.2) is 36.8 Å². The molecule has 0 aliphatic heterocycles. The molecule has 0 spiro atoms. The van der Waals surface area contributed by atoms with Crippen LogP contribution in [0, 0.1) is 12.8 Å². The maximum atomic E-state index is 5.91. The normalized spacial score (nSPS) is 22.8. The minimum atomic E-state index is 0.517. The van der Waals surface area contributed by atoms with Crippen molar-refractivity contribution in [2.24, 2.45) is 11.7 Å². The summed E-state index contributed by atoms with van der Waals surface area (Å²) in [6.07, 6.45) is 7.68.